The van der Waals surface area contributed by atoms with E-state index in [0.29, 0.717) is 29.1 Å². The fourth-order valence-electron chi connectivity index (χ4n) is 2.31. The van der Waals surface area contributed by atoms with Crippen molar-refractivity contribution in [1.29, 1.82) is 0 Å². The van der Waals surface area contributed by atoms with Crippen LogP contribution in [0.5, 0.6) is 0 Å². The maximum absolute atomic E-state index is 12.0. The highest BCUT2D eigenvalue weighted by Gasteiger charge is 2.11. The third-order valence-electron chi connectivity index (χ3n) is 3.78. The summed E-state index contributed by atoms with van der Waals surface area (Å²) in [4.78, 5) is 12.0. The van der Waals surface area contributed by atoms with Gasteiger partial charge in [0, 0.05) is 5.69 Å². The van der Waals surface area contributed by atoms with Crippen LogP contribution in [0.25, 0.3) is 5.69 Å². The second kappa shape index (κ2) is 9.27. The molecular weight excluding hydrogens is 326 g/mol. The molecule has 0 radical (unpaired) electrons. The first kappa shape index (κ1) is 18.3. The van der Waals surface area contributed by atoms with Crippen LogP contribution in [0, 0.1) is 5.92 Å². The zero-order valence-electron chi connectivity index (χ0n) is 14.0. The molecule has 0 aliphatic carbocycles. The van der Waals surface area contributed by atoms with Gasteiger partial charge in [0.1, 0.15) is 0 Å². The number of nitrogens with zero attached hydrogens (tertiary/aromatic N) is 4. The third kappa shape index (κ3) is 5.23. The number of hydrogen-bond acceptors (Lipinski definition) is 6. The highest BCUT2D eigenvalue weighted by molar-refractivity contribution is 7.80. The van der Waals surface area contributed by atoms with Gasteiger partial charge < -0.3 is 4.74 Å². The second-order valence-electron chi connectivity index (χ2n) is 5.58. The molecule has 0 saturated carbocycles. The first-order valence-electron chi connectivity index (χ1n) is 8.15. The molecule has 1 amide bonds. The number of thiol groups is 1. The minimum absolute atomic E-state index is 0.372. The minimum Gasteiger partial charge on any atom is -0.449 e. The summed E-state index contributed by atoms with van der Waals surface area (Å²) in [7, 11) is 0. The molecule has 2 rings (SSSR count). The largest absolute Gasteiger partial charge is 0.449 e. The number of ether oxygens (including phenoxy) is 1. The summed E-state index contributed by atoms with van der Waals surface area (Å²) >= 11 is 4.17. The zero-order chi connectivity index (χ0) is 17.4. The lowest BCUT2D eigenvalue weighted by Gasteiger charge is -2.15. The number of tetrazole rings is 1. The molecule has 130 valence electrons. The van der Waals surface area contributed by atoms with E-state index >= 15 is 0 Å². The number of carbonyl (C=O) groups excluding carboxylic acids is 1. The Morgan fingerprint density at radius 1 is 1.42 bits per heavy atom. The number of nitrogens with one attached hydrogen (secondary N) is 1. The van der Waals surface area contributed by atoms with Crippen LogP contribution < -0.4 is 5.32 Å². The maximum Gasteiger partial charge on any atom is 0.411 e. The predicted octanol–water partition coefficient (Wildman–Crippen LogP) is 3.72. The fourth-order valence-corrected chi connectivity index (χ4v) is 2.51. The van der Waals surface area contributed by atoms with E-state index in [1.807, 2.05) is 6.07 Å². The third-order valence-corrected chi connectivity index (χ3v) is 4.06. The van der Waals surface area contributed by atoms with Gasteiger partial charge >= 0.3 is 6.09 Å². The Kier molecular flexibility index (Phi) is 7.05. The van der Waals surface area contributed by atoms with Crippen LogP contribution in [0.15, 0.2) is 29.4 Å². The van der Waals surface area contributed by atoms with Gasteiger partial charge in [0.05, 0.1) is 12.3 Å². The molecule has 0 aliphatic rings. The van der Waals surface area contributed by atoms with E-state index in [4.69, 9.17) is 4.74 Å². The zero-order valence-corrected chi connectivity index (χ0v) is 14.9. The molecule has 1 aromatic heterocycles. The second-order valence-corrected chi connectivity index (χ2v) is 5.98. The number of carbonyl (C=O) groups is 1. The van der Waals surface area contributed by atoms with Crippen LogP contribution in [0.2, 0.25) is 0 Å². The average molecular weight is 349 g/mol. The van der Waals surface area contributed by atoms with Crippen molar-refractivity contribution in [2.24, 2.45) is 5.92 Å². The SMILES string of the molecule is CCCCC(CC)COC(=O)Nc1cccc(-n2nnnc2S)c1. The summed E-state index contributed by atoms with van der Waals surface area (Å²) in [5, 5.41) is 14.2. The van der Waals surface area contributed by atoms with Crippen molar-refractivity contribution in [2.75, 3.05) is 11.9 Å². The molecule has 0 saturated heterocycles. The van der Waals surface area contributed by atoms with Crippen LogP contribution in [0.4, 0.5) is 10.5 Å². The Hall–Kier alpha value is -2.09. The topological polar surface area (TPSA) is 81.9 Å². The van der Waals surface area contributed by atoms with Gasteiger partial charge in [-0.25, -0.2) is 4.79 Å². The van der Waals surface area contributed by atoms with E-state index in [2.05, 4.69) is 47.3 Å². The van der Waals surface area contributed by atoms with Gasteiger partial charge in [-0.2, -0.15) is 4.68 Å². The normalized spacial score (nSPS) is 12.0. The smallest absolute Gasteiger partial charge is 0.411 e. The van der Waals surface area contributed by atoms with Gasteiger partial charge in [0.25, 0.3) is 0 Å². The highest BCUT2D eigenvalue weighted by Crippen LogP contribution is 2.17. The van der Waals surface area contributed by atoms with Crippen LogP contribution in [0.3, 0.4) is 0 Å². The Morgan fingerprint density at radius 2 is 2.25 bits per heavy atom. The quantitative estimate of drug-likeness (QED) is 0.710. The first-order valence-corrected chi connectivity index (χ1v) is 8.60. The van der Waals surface area contributed by atoms with Crippen LogP contribution in [-0.2, 0) is 4.74 Å². The van der Waals surface area contributed by atoms with Crippen molar-refractivity contribution in [3.63, 3.8) is 0 Å². The van der Waals surface area contributed by atoms with Crippen molar-refractivity contribution < 1.29 is 9.53 Å². The Bertz CT molecular complexity index is 661. The van der Waals surface area contributed by atoms with Crippen molar-refractivity contribution in [3.8, 4) is 5.69 Å². The lowest BCUT2D eigenvalue weighted by molar-refractivity contribution is 0.136. The van der Waals surface area contributed by atoms with Crippen molar-refractivity contribution >= 4 is 24.4 Å². The first-order chi connectivity index (χ1) is 11.6. The Morgan fingerprint density at radius 3 is 2.92 bits per heavy atom. The number of amides is 1. The molecule has 1 unspecified atom stereocenters. The molecule has 1 heterocycles. The molecule has 24 heavy (non-hydrogen) atoms. The van der Waals surface area contributed by atoms with Gasteiger partial charge in [-0.3, -0.25) is 5.32 Å². The number of unbranched alkanes of at least 4 members (excludes halogenated alkanes) is 1. The van der Waals surface area contributed by atoms with Gasteiger partial charge in [-0.05, 0) is 41.0 Å². The summed E-state index contributed by atoms with van der Waals surface area (Å²) < 4.78 is 6.81. The minimum atomic E-state index is -0.454. The summed E-state index contributed by atoms with van der Waals surface area (Å²) in [5.41, 5.74) is 1.32. The molecule has 1 atom stereocenters. The van der Waals surface area contributed by atoms with Gasteiger partial charge in [-0.15, -0.1) is 17.7 Å². The number of rotatable bonds is 8. The lowest BCUT2D eigenvalue weighted by Crippen LogP contribution is -2.18. The van der Waals surface area contributed by atoms with E-state index < -0.39 is 6.09 Å². The number of benzene rings is 1. The van der Waals surface area contributed by atoms with Gasteiger partial charge in [-0.1, -0.05) is 39.2 Å². The molecule has 1 aromatic carbocycles. The number of aromatic nitrogens is 4. The molecule has 2 aromatic rings. The van der Waals surface area contributed by atoms with E-state index in [0.717, 1.165) is 25.7 Å². The standard InChI is InChI=1S/C16H23N5O2S/c1-3-5-7-12(4-2)11-23-16(22)17-13-8-6-9-14(10-13)21-15(24)18-19-20-21/h6,8-10,12H,3-5,7,11H2,1-2H3,(H,17,22)(H,18,20,24). The van der Waals surface area contributed by atoms with E-state index in [9.17, 15) is 4.79 Å². The van der Waals surface area contributed by atoms with Crippen molar-refractivity contribution in [2.45, 2.75) is 44.7 Å². The fraction of sp³-hybridized carbons (Fsp3) is 0.500. The molecule has 7 nitrogen and oxygen atoms in total. The monoisotopic (exact) mass is 349 g/mol. The summed E-state index contributed by atoms with van der Waals surface area (Å²) in [6, 6.07) is 7.16. The predicted molar refractivity (Wildman–Crippen MR) is 94.7 cm³/mol. The Balaban J connectivity index is 1.91. The molecule has 0 aliphatic heterocycles. The molecule has 1 N–H and O–H groups in total. The van der Waals surface area contributed by atoms with Gasteiger partial charge in [0.2, 0.25) is 5.16 Å². The van der Waals surface area contributed by atoms with E-state index in [-0.39, 0.29) is 0 Å². The molecule has 0 fully saturated rings. The van der Waals surface area contributed by atoms with Gasteiger partial charge in [0.15, 0.2) is 0 Å². The summed E-state index contributed by atoms with van der Waals surface area (Å²) in [5.74, 6) is 0.412. The van der Waals surface area contributed by atoms with Crippen molar-refractivity contribution in [1.82, 2.24) is 20.2 Å². The highest BCUT2D eigenvalue weighted by atomic mass is 32.1. The van der Waals surface area contributed by atoms with Crippen LogP contribution >= 0.6 is 12.6 Å². The molecule has 0 spiro atoms. The van der Waals surface area contributed by atoms with Crippen LogP contribution in [-0.4, -0.2) is 32.9 Å². The summed E-state index contributed by atoms with van der Waals surface area (Å²) in [6.45, 7) is 4.72. The van der Waals surface area contributed by atoms with Crippen molar-refractivity contribution in [3.05, 3.63) is 24.3 Å². The van der Waals surface area contributed by atoms with E-state index in [1.165, 1.54) is 4.68 Å². The Labute approximate surface area is 147 Å². The average Bonchev–Trinajstić information content (AvgIpc) is 3.01. The molecule has 8 heteroatoms. The van der Waals surface area contributed by atoms with Crippen LogP contribution in [0.1, 0.15) is 39.5 Å². The van der Waals surface area contributed by atoms with E-state index in [1.54, 1.807) is 18.2 Å². The lowest BCUT2D eigenvalue weighted by atomic mass is 10.0. The maximum atomic E-state index is 12.0. The number of hydrogen-bond donors (Lipinski definition) is 2. The number of anilines is 1. The molecular formula is C16H23N5O2S. The molecule has 0 bridgehead atoms. The summed E-state index contributed by atoms with van der Waals surface area (Å²) in [6.07, 6.45) is 3.94.